The van der Waals surface area contributed by atoms with Crippen molar-refractivity contribution in [3.05, 3.63) is 0 Å². The monoisotopic (exact) mass is 241 g/mol. The number of fused-ring (bicyclic) bond motifs is 1. The number of hydrogen-bond acceptors (Lipinski definition) is 2. The second kappa shape index (κ2) is 3.84. The van der Waals surface area contributed by atoms with Gasteiger partial charge in [-0.05, 0) is 45.8 Å². The van der Waals surface area contributed by atoms with Crippen LogP contribution in [0.2, 0.25) is 19.6 Å². The molecule has 2 atom stereocenters. The first kappa shape index (κ1) is 12.1. The average molecular weight is 241 g/mol. The minimum absolute atomic E-state index is 0.0884. The molecule has 2 fully saturated rings. The van der Waals surface area contributed by atoms with E-state index >= 15 is 0 Å². The van der Waals surface area contributed by atoms with Crippen molar-refractivity contribution in [1.82, 2.24) is 4.90 Å². The second-order valence-corrected chi connectivity index (χ2v) is 10.7. The molecule has 0 bridgehead atoms. The highest BCUT2D eigenvalue weighted by Gasteiger charge is 2.48. The summed E-state index contributed by atoms with van der Waals surface area (Å²) in [6, 6.07) is 0.334. The molecular formula is C12H23NO2Si. The Balaban J connectivity index is 2.18. The van der Waals surface area contributed by atoms with Gasteiger partial charge in [-0.15, -0.1) is 0 Å². The lowest BCUT2D eigenvalue weighted by Gasteiger charge is -2.47. The van der Waals surface area contributed by atoms with Gasteiger partial charge in [0.1, 0.15) is 0 Å². The van der Waals surface area contributed by atoms with Crippen LogP contribution in [0, 0.1) is 0 Å². The fraction of sp³-hybridized carbons (Fsp3) is 0.917. The van der Waals surface area contributed by atoms with Crippen LogP contribution in [0.5, 0.6) is 0 Å². The topological polar surface area (TPSA) is 29.5 Å². The molecule has 92 valence electrons. The summed E-state index contributed by atoms with van der Waals surface area (Å²) in [5.74, 6) is 0.333. The molecule has 0 unspecified atom stereocenters. The van der Waals surface area contributed by atoms with Gasteiger partial charge in [-0.1, -0.05) is 0 Å². The van der Waals surface area contributed by atoms with Crippen molar-refractivity contribution in [2.45, 2.75) is 63.9 Å². The maximum Gasteiger partial charge on any atom is 0.223 e. The molecule has 2 rings (SSSR count). The molecule has 2 saturated heterocycles. The molecular weight excluding hydrogens is 218 g/mol. The van der Waals surface area contributed by atoms with Crippen LogP contribution in [0.15, 0.2) is 0 Å². The van der Waals surface area contributed by atoms with Gasteiger partial charge in [0.05, 0.1) is 11.6 Å². The van der Waals surface area contributed by atoms with Crippen molar-refractivity contribution in [2.75, 3.05) is 6.54 Å². The number of rotatable bonds is 2. The first-order valence-electron chi connectivity index (χ1n) is 6.31. The van der Waals surface area contributed by atoms with Gasteiger partial charge in [-0.25, -0.2) is 0 Å². The fourth-order valence-electron chi connectivity index (χ4n) is 3.18. The molecule has 3 nitrogen and oxygen atoms in total. The SMILES string of the molecule is C[C@]1(O[Si](C)(C)C)CCC(=O)N2CCC[C@H]21. The Morgan fingerprint density at radius 2 is 2.12 bits per heavy atom. The van der Waals surface area contributed by atoms with Crippen LogP contribution in [0.4, 0.5) is 0 Å². The lowest BCUT2D eigenvalue weighted by atomic mass is 9.86. The molecule has 2 heterocycles. The van der Waals surface area contributed by atoms with E-state index in [4.69, 9.17) is 4.43 Å². The Morgan fingerprint density at radius 1 is 1.44 bits per heavy atom. The summed E-state index contributed by atoms with van der Waals surface area (Å²) in [6.07, 6.45) is 3.82. The lowest BCUT2D eigenvalue weighted by Crippen LogP contribution is -2.58. The highest BCUT2D eigenvalue weighted by Crippen LogP contribution is 2.39. The van der Waals surface area contributed by atoms with E-state index in [9.17, 15) is 4.79 Å². The number of hydrogen-bond donors (Lipinski definition) is 0. The zero-order valence-corrected chi connectivity index (χ0v) is 11.9. The van der Waals surface area contributed by atoms with Crippen LogP contribution in [-0.2, 0) is 9.22 Å². The zero-order chi connectivity index (χ0) is 12.0. The van der Waals surface area contributed by atoms with Gasteiger partial charge >= 0.3 is 0 Å². The van der Waals surface area contributed by atoms with Gasteiger partial charge in [0.25, 0.3) is 0 Å². The first-order chi connectivity index (χ1) is 7.32. The van der Waals surface area contributed by atoms with Crippen LogP contribution in [0.3, 0.4) is 0 Å². The Labute approximate surface area is 99.3 Å². The van der Waals surface area contributed by atoms with Crippen LogP contribution >= 0.6 is 0 Å². The summed E-state index contributed by atoms with van der Waals surface area (Å²) in [7, 11) is -1.54. The van der Waals surface area contributed by atoms with Gasteiger partial charge in [0.2, 0.25) is 5.91 Å². The predicted octanol–water partition coefficient (Wildman–Crippen LogP) is 2.38. The van der Waals surface area contributed by atoms with E-state index in [2.05, 4.69) is 31.5 Å². The molecule has 0 aromatic rings. The Bertz CT molecular complexity index is 300. The molecule has 1 amide bonds. The highest BCUT2D eigenvalue weighted by molar-refractivity contribution is 6.69. The first-order valence-corrected chi connectivity index (χ1v) is 9.72. The summed E-state index contributed by atoms with van der Waals surface area (Å²) < 4.78 is 6.37. The summed E-state index contributed by atoms with van der Waals surface area (Å²) in [4.78, 5) is 13.9. The van der Waals surface area contributed by atoms with Crippen molar-refractivity contribution in [2.24, 2.45) is 0 Å². The molecule has 0 aliphatic carbocycles. The molecule has 2 aliphatic rings. The number of amides is 1. The Morgan fingerprint density at radius 3 is 2.75 bits per heavy atom. The third-order valence-electron chi connectivity index (χ3n) is 3.65. The fourth-order valence-corrected chi connectivity index (χ4v) is 4.82. The zero-order valence-electron chi connectivity index (χ0n) is 10.9. The maximum absolute atomic E-state index is 11.8. The van der Waals surface area contributed by atoms with Crippen molar-refractivity contribution in [1.29, 1.82) is 0 Å². The van der Waals surface area contributed by atoms with Crippen molar-refractivity contribution < 1.29 is 9.22 Å². The van der Waals surface area contributed by atoms with Crippen LogP contribution in [0.25, 0.3) is 0 Å². The molecule has 2 aliphatic heterocycles. The lowest BCUT2D eigenvalue weighted by molar-refractivity contribution is -0.144. The quantitative estimate of drug-likeness (QED) is 0.695. The molecule has 0 radical (unpaired) electrons. The van der Waals surface area contributed by atoms with E-state index < -0.39 is 8.32 Å². The smallest absolute Gasteiger partial charge is 0.223 e. The standard InChI is InChI=1S/C12H23NO2Si/c1-12(15-16(2,3)4)8-7-11(14)13-9-5-6-10(12)13/h10H,5-9H2,1-4H3/t10-,12-/m0/s1. The van der Waals surface area contributed by atoms with E-state index in [0.29, 0.717) is 18.4 Å². The predicted molar refractivity (Wildman–Crippen MR) is 66.8 cm³/mol. The van der Waals surface area contributed by atoms with Crippen molar-refractivity contribution in [3.63, 3.8) is 0 Å². The summed E-state index contributed by atoms with van der Waals surface area (Å²) in [5, 5.41) is 0. The molecule has 0 spiro atoms. The molecule has 0 aromatic heterocycles. The van der Waals surface area contributed by atoms with Gasteiger partial charge in [-0.3, -0.25) is 4.79 Å². The van der Waals surface area contributed by atoms with E-state index in [1.54, 1.807) is 0 Å². The van der Waals surface area contributed by atoms with E-state index in [0.717, 1.165) is 25.8 Å². The summed E-state index contributed by atoms with van der Waals surface area (Å²) >= 11 is 0. The normalized spacial score (nSPS) is 35.4. The Kier molecular flexibility index (Phi) is 2.91. The number of piperidine rings is 1. The van der Waals surface area contributed by atoms with Crippen molar-refractivity contribution in [3.8, 4) is 0 Å². The minimum Gasteiger partial charge on any atom is -0.410 e. The minimum atomic E-state index is -1.54. The third kappa shape index (κ3) is 2.18. The number of nitrogens with zero attached hydrogens (tertiary/aromatic N) is 1. The molecule has 0 saturated carbocycles. The summed E-state index contributed by atoms with van der Waals surface area (Å²) in [5.41, 5.74) is -0.0884. The van der Waals surface area contributed by atoms with E-state index in [1.807, 2.05) is 0 Å². The maximum atomic E-state index is 11.8. The molecule has 0 N–H and O–H groups in total. The van der Waals surface area contributed by atoms with Crippen LogP contribution in [0.1, 0.15) is 32.6 Å². The largest absolute Gasteiger partial charge is 0.410 e. The number of carbonyl (C=O) groups is 1. The number of carbonyl (C=O) groups excluding carboxylic acids is 1. The highest BCUT2D eigenvalue weighted by atomic mass is 28.4. The molecule has 0 aromatic carbocycles. The Hall–Kier alpha value is -0.353. The van der Waals surface area contributed by atoms with Gasteiger partial charge in [-0.2, -0.15) is 0 Å². The van der Waals surface area contributed by atoms with Crippen molar-refractivity contribution >= 4 is 14.2 Å². The van der Waals surface area contributed by atoms with Crippen LogP contribution in [-0.4, -0.2) is 37.3 Å². The summed E-state index contributed by atoms with van der Waals surface area (Å²) in [6.45, 7) is 9.84. The van der Waals surface area contributed by atoms with E-state index in [1.165, 1.54) is 0 Å². The molecule has 4 heteroatoms. The van der Waals surface area contributed by atoms with Gasteiger partial charge in [0, 0.05) is 13.0 Å². The van der Waals surface area contributed by atoms with Gasteiger partial charge in [0.15, 0.2) is 8.32 Å². The average Bonchev–Trinajstić information content (AvgIpc) is 2.59. The van der Waals surface area contributed by atoms with Gasteiger partial charge < -0.3 is 9.33 Å². The van der Waals surface area contributed by atoms with E-state index in [-0.39, 0.29) is 5.60 Å². The second-order valence-electron chi connectivity index (χ2n) is 6.27. The van der Waals surface area contributed by atoms with Crippen LogP contribution < -0.4 is 0 Å². The molecule has 16 heavy (non-hydrogen) atoms. The third-order valence-corrected chi connectivity index (χ3v) is 4.73.